The average Bonchev–Trinajstić information content (AvgIpc) is 3.18. The first-order valence-corrected chi connectivity index (χ1v) is 11.7. The summed E-state index contributed by atoms with van der Waals surface area (Å²) < 4.78 is 48.4. The Morgan fingerprint density at radius 3 is 2.71 bits per heavy atom. The lowest BCUT2D eigenvalue weighted by atomic mass is 9.92. The summed E-state index contributed by atoms with van der Waals surface area (Å²) in [5.74, 6) is -0.0515. The molecule has 4 rings (SSSR count). The summed E-state index contributed by atoms with van der Waals surface area (Å²) in [5.41, 5.74) is 1.48. The SMILES string of the molecule is COc1cc(OC(F)(F)F)ccc1N[C@H]1CCN(c2c(C#N)c(=O)n(C)c3sc(C)nc23)C[C@H]1C. The van der Waals surface area contributed by atoms with Crippen LogP contribution in [-0.4, -0.2) is 42.2 Å². The van der Waals surface area contributed by atoms with Gasteiger partial charge in [0, 0.05) is 32.2 Å². The van der Waals surface area contributed by atoms with Crippen LogP contribution in [0, 0.1) is 24.2 Å². The Kier molecular flexibility index (Phi) is 6.55. The minimum atomic E-state index is -4.79. The number of thiazole rings is 1. The number of methoxy groups -OCH3 is 1. The summed E-state index contributed by atoms with van der Waals surface area (Å²) in [4.78, 5) is 20.2. The summed E-state index contributed by atoms with van der Waals surface area (Å²) in [7, 11) is 3.02. The summed E-state index contributed by atoms with van der Waals surface area (Å²) in [6.45, 7) is 5.02. The second-order valence-electron chi connectivity index (χ2n) is 8.46. The minimum absolute atomic E-state index is 0.0146. The van der Waals surface area contributed by atoms with Crippen LogP contribution in [0.3, 0.4) is 0 Å². The number of nitriles is 1. The number of piperidine rings is 1. The van der Waals surface area contributed by atoms with Crippen LogP contribution in [0.1, 0.15) is 23.9 Å². The third-order valence-corrected chi connectivity index (χ3v) is 7.13. The molecule has 12 heteroatoms. The molecule has 1 saturated heterocycles. The standard InChI is InChI=1S/C23H24F3N5O3S/c1-12-11-31(20-15(10-27)21(32)30(3)22-19(20)28-13(2)35-22)8-7-16(12)29-17-6-5-14(9-18(17)33-4)34-23(24,25)26/h5-6,9,12,16,29H,7-8,11H2,1-4H3/t12-,16+/m1/s1. The average molecular weight is 508 g/mol. The molecule has 1 aliphatic heterocycles. The predicted molar refractivity (Wildman–Crippen MR) is 127 cm³/mol. The van der Waals surface area contributed by atoms with Gasteiger partial charge in [-0.15, -0.1) is 24.5 Å². The number of ether oxygens (including phenoxy) is 2. The van der Waals surface area contributed by atoms with Crippen molar-refractivity contribution in [2.24, 2.45) is 13.0 Å². The third-order valence-electron chi connectivity index (χ3n) is 6.08. The van der Waals surface area contributed by atoms with E-state index in [1.807, 2.05) is 18.7 Å². The largest absolute Gasteiger partial charge is 0.573 e. The number of nitrogens with zero attached hydrogens (tertiary/aromatic N) is 4. The van der Waals surface area contributed by atoms with E-state index in [0.29, 0.717) is 36.4 Å². The number of anilines is 2. The maximum Gasteiger partial charge on any atom is 0.573 e. The van der Waals surface area contributed by atoms with Gasteiger partial charge in [-0.1, -0.05) is 6.92 Å². The summed E-state index contributed by atoms with van der Waals surface area (Å²) >= 11 is 1.41. The molecule has 1 aromatic carbocycles. The van der Waals surface area contributed by atoms with Crippen LogP contribution < -0.4 is 25.2 Å². The van der Waals surface area contributed by atoms with Crippen LogP contribution in [0.4, 0.5) is 24.5 Å². The fraction of sp³-hybridized carbons (Fsp3) is 0.435. The first kappa shape index (κ1) is 24.7. The number of pyridine rings is 1. The number of alkyl halides is 3. The lowest BCUT2D eigenvalue weighted by Crippen LogP contribution is -2.46. The zero-order chi connectivity index (χ0) is 25.5. The van der Waals surface area contributed by atoms with E-state index in [-0.39, 0.29) is 34.6 Å². The van der Waals surface area contributed by atoms with Crippen molar-refractivity contribution in [1.82, 2.24) is 9.55 Å². The highest BCUT2D eigenvalue weighted by atomic mass is 32.1. The smallest absolute Gasteiger partial charge is 0.494 e. The fourth-order valence-corrected chi connectivity index (χ4v) is 5.31. The van der Waals surface area contributed by atoms with Crippen LogP contribution in [0.5, 0.6) is 11.5 Å². The Balaban J connectivity index is 1.58. The molecule has 3 aromatic rings. The van der Waals surface area contributed by atoms with E-state index in [1.165, 1.54) is 41.2 Å². The lowest BCUT2D eigenvalue weighted by Gasteiger charge is -2.39. The molecular weight excluding hydrogens is 483 g/mol. The predicted octanol–water partition coefficient (Wildman–Crippen LogP) is 4.41. The highest BCUT2D eigenvalue weighted by molar-refractivity contribution is 7.18. The number of hydrogen-bond donors (Lipinski definition) is 1. The molecule has 0 amide bonds. The van der Waals surface area contributed by atoms with Crippen molar-refractivity contribution >= 4 is 33.1 Å². The topological polar surface area (TPSA) is 92.4 Å². The van der Waals surface area contributed by atoms with Gasteiger partial charge in [-0.25, -0.2) is 4.98 Å². The normalized spacial score (nSPS) is 18.4. The molecule has 0 spiro atoms. The number of aromatic nitrogens is 2. The van der Waals surface area contributed by atoms with Crippen LogP contribution in [0.15, 0.2) is 23.0 Å². The van der Waals surface area contributed by atoms with Gasteiger partial charge in [0.25, 0.3) is 5.56 Å². The molecule has 1 N–H and O–H groups in total. The van der Waals surface area contributed by atoms with Crippen molar-refractivity contribution in [1.29, 1.82) is 5.26 Å². The Morgan fingerprint density at radius 1 is 1.34 bits per heavy atom. The Hall–Kier alpha value is -3.46. The van der Waals surface area contributed by atoms with Crippen LogP contribution in [-0.2, 0) is 7.05 Å². The highest BCUT2D eigenvalue weighted by Crippen LogP contribution is 2.36. The molecule has 35 heavy (non-hydrogen) atoms. The molecule has 0 bridgehead atoms. The number of hydrogen-bond acceptors (Lipinski definition) is 8. The highest BCUT2D eigenvalue weighted by Gasteiger charge is 2.33. The van der Waals surface area contributed by atoms with Crippen LogP contribution >= 0.6 is 11.3 Å². The van der Waals surface area contributed by atoms with E-state index in [4.69, 9.17) is 4.74 Å². The molecule has 1 aliphatic rings. The molecule has 1 fully saturated rings. The molecule has 0 saturated carbocycles. The number of rotatable bonds is 5. The molecular formula is C23H24F3N5O3S. The van der Waals surface area contributed by atoms with E-state index in [9.17, 15) is 23.2 Å². The van der Waals surface area contributed by atoms with E-state index < -0.39 is 6.36 Å². The van der Waals surface area contributed by atoms with Gasteiger partial charge < -0.3 is 24.3 Å². The Bertz CT molecular complexity index is 1360. The van der Waals surface area contributed by atoms with Gasteiger partial charge in [-0.2, -0.15) is 5.26 Å². The van der Waals surface area contributed by atoms with Crippen molar-refractivity contribution in [2.45, 2.75) is 32.7 Å². The quantitative estimate of drug-likeness (QED) is 0.547. The summed E-state index contributed by atoms with van der Waals surface area (Å²) in [6.07, 6.45) is -4.13. The van der Waals surface area contributed by atoms with Gasteiger partial charge in [-0.3, -0.25) is 4.79 Å². The van der Waals surface area contributed by atoms with Crippen molar-refractivity contribution < 1.29 is 22.6 Å². The zero-order valence-electron chi connectivity index (χ0n) is 19.6. The lowest BCUT2D eigenvalue weighted by molar-refractivity contribution is -0.274. The maximum absolute atomic E-state index is 12.8. The zero-order valence-corrected chi connectivity index (χ0v) is 20.4. The Morgan fingerprint density at radius 2 is 2.09 bits per heavy atom. The van der Waals surface area contributed by atoms with Crippen molar-refractivity contribution in [3.05, 3.63) is 39.1 Å². The monoisotopic (exact) mass is 507 g/mol. The molecule has 186 valence electrons. The molecule has 0 unspecified atom stereocenters. The summed E-state index contributed by atoms with van der Waals surface area (Å²) in [5, 5.41) is 13.9. The second-order valence-corrected chi connectivity index (χ2v) is 9.64. The number of nitrogens with one attached hydrogen (secondary N) is 1. The first-order chi connectivity index (χ1) is 16.5. The van der Waals surface area contributed by atoms with Crippen molar-refractivity contribution in [2.75, 3.05) is 30.4 Å². The van der Waals surface area contributed by atoms with Crippen LogP contribution in [0.2, 0.25) is 0 Å². The molecule has 0 aliphatic carbocycles. The molecule has 8 nitrogen and oxygen atoms in total. The molecule has 0 radical (unpaired) electrons. The van der Waals surface area contributed by atoms with E-state index in [0.717, 1.165) is 9.84 Å². The number of aryl methyl sites for hydroxylation is 2. The summed E-state index contributed by atoms with van der Waals surface area (Å²) in [6, 6.07) is 5.98. The van der Waals surface area contributed by atoms with Gasteiger partial charge in [-0.05, 0) is 31.4 Å². The number of benzene rings is 1. The van der Waals surface area contributed by atoms with Gasteiger partial charge in [0.1, 0.15) is 33.5 Å². The van der Waals surface area contributed by atoms with Crippen molar-refractivity contribution in [3.63, 3.8) is 0 Å². The van der Waals surface area contributed by atoms with Crippen molar-refractivity contribution in [3.8, 4) is 17.6 Å². The number of halogens is 3. The van der Waals surface area contributed by atoms with E-state index in [1.54, 1.807) is 7.05 Å². The van der Waals surface area contributed by atoms with E-state index >= 15 is 0 Å². The minimum Gasteiger partial charge on any atom is -0.494 e. The molecule has 3 heterocycles. The number of fused-ring (bicyclic) bond motifs is 1. The third kappa shape index (κ3) is 4.86. The van der Waals surface area contributed by atoms with Gasteiger partial charge in [0.2, 0.25) is 0 Å². The van der Waals surface area contributed by atoms with Gasteiger partial charge >= 0.3 is 6.36 Å². The first-order valence-electron chi connectivity index (χ1n) is 10.9. The van der Waals surface area contributed by atoms with Gasteiger partial charge in [0.05, 0.1) is 23.5 Å². The molecule has 2 atom stereocenters. The maximum atomic E-state index is 12.8. The molecule has 2 aromatic heterocycles. The second kappa shape index (κ2) is 9.30. The van der Waals surface area contributed by atoms with Crippen LogP contribution in [0.25, 0.3) is 10.3 Å². The Labute approximate surface area is 203 Å². The van der Waals surface area contributed by atoms with Gasteiger partial charge in [0.15, 0.2) is 0 Å². The van der Waals surface area contributed by atoms with E-state index in [2.05, 4.69) is 21.1 Å². The fourth-order valence-electron chi connectivity index (χ4n) is 4.44.